The second-order valence-corrected chi connectivity index (χ2v) is 7.14. The third-order valence-electron chi connectivity index (χ3n) is 3.07. The average Bonchev–Trinajstić information content (AvgIpc) is 3.02. The molecule has 11 heteroatoms. The van der Waals surface area contributed by atoms with Crippen LogP contribution in [0.25, 0.3) is 16.4 Å². The number of hydrogen-bond acceptors (Lipinski definition) is 6. The second kappa shape index (κ2) is 5.61. The van der Waals surface area contributed by atoms with Crippen molar-refractivity contribution in [2.45, 2.75) is 11.8 Å². The van der Waals surface area contributed by atoms with Crippen LogP contribution < -0.4 is 10.9 Å². The monoisotopic (exact) mass is 373 g/mol. The molecule has 1 aromatic carbocycles. The maximum absolute atomic E-state index is 14.0. The van der Waals surface area contributed by atoms with Gasteiger partial charge >= 0.3 is 5.76 Å². The van der Waals surface area contributed by atoms with Gasteiger partial charge < -0.3 is 4.42 Å². The lowest BCUT2D eigenvalue weighted by Crippen LogP contribution is -2.17. The molecule has 0 radical (unpaired) electrons. The van der Waals surface area contributed by atoms with E-state index in [1.807, 2.05) is 0 Å². The Morgan fingerprint density at radius 3 is 2.42 bits per heavy atom. The summed E-state index contributed by atoms with van der Waals surface area (Å²) in [5.74, 6) is -3.54. The molecule has 0 amide bonds. The Hall–Kier alpha value is -2.37. The molecule has 2 heterocycles. The first-order valence-electron chi connectivity index (χ1n) is 6.33. The van der Waals surface area contributed by atoms with E-state index in [1.54, 1.807) is 12.3 Å². The molecule has 0 bridgehead atoms. The summed E-state index contributed by atoms with van der Waals surface area (Å²) in [5.41, 5.74) is 0.570. The average molecular weight is 373 g/mol. The molecule has 0 aliphatic carbocycles. The number of rotatable bonds is 3. The summed E-state index contributed by atoms with van der Waals surface area (Å²) in [6.45, 7) is 1.71. The van der Waals surface area contributed by atoms with Gasteiger partial charge in [0.15, 0.2) is 10.0 Å². The first-order valence-corrected chi connectivity index (χ1v) is 8.76. The number of hydrogen-bond donors (Lipinski definition) is 1. The standard InChI is InChI=1S/C13H9F2N3O4S2/c1-6-5-23-12(17-6)18-10(4-22-13(18)19)7-2-8(14)11(9(15)3-7)24(16,20)21/h2-5H,1H3,(H2,16,20,21). The predicted molar refractivity (Wildman–Crippen MR) is 81.4 cm³/mol. The van der Waals surface area contributed by atoms with Crippen LogP contribution in [0.4, 0.5) is 8.78 Å². The fraction of sp³-hybridized carbons (Fsp3) is 0.0769. The zero-order valence-corrected chi connectivity index (χ0v) is 13.6. The number of aromatic nitrogens is 2. The summed E-state index contributed by atoms with van der Waals surface area (Å²) in [7, 11) is -4.57. The molecule has 2 aromatic heterocycles. The third kappa shape index (κ3) is 2.77. The lowest BCUT2D eigenvalue weighted by molar-refractivity contribution is 0.504. The van der Waals surface area contributed by atoms with Gasteiger partial charge in [0, 0.05) is 10.9 Å². The van der Waals surface area contributed by atoms with Crippen LogP contribution in [0.5, 0.6) is 0 Å². The van der Waals surface area contributed by atoms with Crippen molar-refractivity contribution in [2.24, 2.45) is 5.14 Å². The highest BCUT2D eigenvalue weighted by Gasteiger charge is 2.24. The quantitative estimate of drug-likeness (QED) is 0.753. The summed E-state index contributed by atoms with van der Waals surface area (Å²) in [4.78, 5) is 14.8. The molecular weight excluding hydrogens is 364 g/mol. The van der Waals surface area contributed by atoms with Crippen molar-refractivity contribution >= 4 is 21.4 Å². The molecule has 3 aromatic rings. The molecule has 24 heavy (non-hydrogen) atoms. The topological polar surface area (TPSA) is 108 Å². The minimum absolute atomic E-state index is 0.0214. The number of aryl methyl sites for hydroxylation is 1. The molecular formula is C13H9F2N3O4S2. The first-order chi connectivity index (χ1) is 11.2. The van der Waals surface area contributed by atoms with Crippen molar-refractivity contribution < 1.29 is 21.6 Å². The van der Waals surface area contributed by atoms with Crippen molar-refractivity contribution in [3.05, 3.63) is 51.7 Å². The third-order valence-corrected chi connectivity index (χ3v) is 4.97. The molecule has 0 aliphatic heterocycles. The number of nitrogens with zero attached hydrogens (tertiary/aromatic N) is 2. The second-order valence-electron chi connectivity index (χ2n) is 4.81. The molecule has 126 valence electrons. The van der Waals surface area contributed by atoms with Crippen molar-refractivity contribution in [1.82, 2.24) is 9.55 Å². The number of oxazole rings is 1. The van der Waals surface area contributed by atoms with E-state index in [2.05, 4.69) is 4.98 Å². The molecule has 0 saturated heterocycles. The van der Waals surface area contributed by atoms with Crippen LogP contribution in [-0.4, -0.2) is 18.0 Å². The lowest BCUT2D eigenvalue weighted by atomic mass is 10.1. The fourth-order valence-electron chi connectivity index (χ4n) is 2.11. The Morgan fingerprint density at radius 1 is 1.29 bits per heavy atom. The molecule has 0 spiro atoms. The molecule has 0 atom stereocenters. The number of nitrogens with two attached hydrogens (primary N) is 1. The first kappa shape index (κ1) is 16.5. The van der Waals surface area contributed by atoms with Gasteiger partial charge in [-0.25, -0.2) is 36.7 Å². The van der Waals surface area contributed by atoms with Gasteiger partial charge in [0.25, 0.3) is 0 Å². The number of thiazole rings is 1. The van der Waals surface area contributed by atoms with Crippen molar-refractivity contribution in [1.29, 1.82) is 0 Å². The van der Waals surface area contributed by atoms with Crippen molar-refractivity contribution in [2.75, 3.05) is 0 Å². The number of halogens is 2. The highest BCUT2D eigenvalue weighted by atomic mass is 32.2. The Bertz CT molecular complexity index is 1080. The summed E-state index contributed by atoms with van der Waals surface area (Å²) < 4.78 is 56.3. The molecule has 7 nitrogen and oxygen atoms in total. The van der Waals surface area contributed by atoms with Crippen LogP contribution in [0, 0.1) is 18.6 Å². The van der Waals surface area contributed by atoms with E-state index in [4.69, 9.17) is 9.56 Å². The maximum Gasteiger partial charge on any atom is 0.425 e. The van der Waals surface area contributed by atoms with E-state index in [9.17, 15) is 22.0 Å². The van der Waals surface area contributed by atoms with Gasteiger partial charge in [-0.1, -0.05) is 0 Å². The Kier molecular flexibility index (Phi) is 3.86. The fourth-order valence-corrected chi connectivity index (χ4v) is 3.58. The van der Waals surface area contributed by atoms with E-state index < -0.39 is 32.3 Å². The summed E-state index contributed by atoms with van der Waals surface area (Å²) in [6, 6.07) is 1.51. The molecule has 2 N–H and O–H groups in total. The number of sulfonamides is 1. The van der Waals surface area contributed by atoms with Crippen LogP contribution in [0.2, 0.25) is 0 Å². The van der Waals surface area contributed by atoms with Gasteiger partial charge in [-0.05, 0) is 19.1 Å². The Balaban J connectivity index is 2.24. The highest BCUT2D eigenvalue weighted by Crippen LogP contribution is 2.28. The molecule has 0 saturated carbocycles. The molecule has 0 fully saturated rings. The number of benzene rings is 1. The Labute approximate surface area is 138 Å². The zero-order valence-electron chi connectivity index (χ0n) is 12.0. The minimum Gasteiger partial charge on any atom is -0.415 e. The lowest BCUT2D eigenvalue weighted by Gasteiger charge is -2.07. The molecule has 3 rings (SSSR count). The summed E-state index contributed by atoms with van der Waals surface area (Å²) >= 11 is 1.13. The summed E-state index contributed by atoms with van der Waals surface area (Å²) in [5, 5.41) is 6.72. The normalized spacial score (nSPS) is 11.8. The van der Waals surface area contributed by atoms with Crippen LogP contribution in [0.3, 0.4) is 0 Å². The van der Waals surface area contributed by atoms with Gasteiger partial charge in [0.1, 0.15) is 17.9 Å². The summed E-state index contributed by atoms with van der Waals surface area (Å²) in [6.07, 6.45) is 1.00. The highest BCUT2D eigenvalue weighted by molar-refractivity contribution is 7.89. The van der Waals surface area contributed by atoms with Crippen LogP contribution in [-0.2, 0) is 10.0 Å². The predicted octanol–water partition coefficient (Wildman–Crippen LogP) is 1.79. The minimum atomic E-state index is -4.57. The van der Waals surface area contributed by atoms with E-state index in [1.165, 1.54) is 0 Å². The SMILES string of the molecule is Cc1csc(-n2c(-c3cc(F)c(S(N)(=O)=O)c(F)c3)coc2=O)n1. The zero-order chi connectivity index (χ0) is 17.6. The van der Waals surface area contributed by atoms with E-state index in [0.29, 0.717) is 5.69 Å². The molecule has 0 unspecified atom stereocenters. The van der Waals surface area contributed by atoms with Crippen LogP contribution in [0.15, 0.2) is 37.9 Å². The van der Waals surface area contributed by atoms with E-state index in [0.717, 1.165) is 34.3 Å². The van der Waals surface area contributed by atoms with Gasteiger partial charge in [-0.15, -0.1) is 11.3 Å². The maximum atomic E-state index is 14.0. The van der Waals surface area contributed by atoms with Crippen LogP contribution >= 0.6 is 11.3 Å². The van der Waals surface area contributed by atoms with E-state index >= 15 is 0 Å². The van der Waals surface area contributed by atoms with Crippen LogP contribution in [0.1, 0.15) is 5.69 Å². The van der Waals surface area contributed by atoms with Gasteiger partial charge in [0.05, 0.1) is 11.4 Å². The van der Waals surface area contributed by atoms with Gasteiger partial charge in [-0.2, -0.15) is 0 Å². The smallest absolute Gasteiger partial charge is 0.415 e. The van der Waals surface area contributed by atoms with E-state index in [-0.39, 0.29) is 16.4 Å². The van der Waals surface area contributed by atoms with Crippen molar-refractivity contribution in [3.8, 4) is 16.4 Å². The van der Waals surface area contributed by atoms with Crippen molar-refractivity contribution in [3.63, 3.8) is 0 Å². The van der Waals surface area contributed by atoms with Gasteiger partial charge in [-0.3, -0.25) is 0 Å². The number of primary sulfonamides is 1. The van der Waals surface area contributed by atoms with Gasteiger partial charge in [0.2, 0.25) is 10.0 Å². The largest absolute Gasteiger partial charge is 0.425 e. The molecule has 0 aliphatic rings. The Morgan fingerprint density at radius 2 is 1.92 bits per heavy atom.